The SMILES string of the molecule is CNCc1cc(S(=O)(=O)N(CCOC)CC(C)C)cs1. The van der Waals surface area contributed by atoms with E-state index in [0.29, 0.717) is 31.1 Å². The van der Waals surface area contributed by atoms with Crippen LogP contribution in [0, 0.1) is 5.92 Å². The van der Waals surface area contributed by atoms with Crippen molar-refractivity contribution >= 4 is 21.4 Å². The number of nitrogens with zero attached hydrogens (tertiary/aromatic N) is 1. The predicted octanol–water partition coefficient (Wildman–Crippen LogP) is 1.76. The smallest absolute Gasteiger partial charge is 0.243 e. The molecule has 0 unspecified atom stereocenters. The van der Waals surface area contributed by atoms with Crippen molar-refractivity contribution in [1.29, 1.82) is 0 Å². The van der Waals surface area contributed by atoms with Crippen LogP contribution in [0.4, 0.5) is 0 Å². The molecule has 1 N–H and O–H groups in total. The Morgan fingerprint density at radius 1 is 1.45 bits per heavy atom. The van der Waals surface area contributed by atoms with E-state index in [-0.39, 0.29) is 5.92 Å². The highest BCUT2D eigenvalue weighted by Crippen LogP contribution is 2.23. The average molecular weight is 320 g/mol. The molecule has 5 nitrogen and oxygen atoms in total. The van der Waals surface area contributed by atoms with Crippen molar-refractivity contribution in [1.82, 2.24) is 9.62 Å². The molecule has 0 spiro atoms. The van der Waals surface area contributed by atoms with Gasteiger partial charge in [0.1, 0.15) is 0 Å². The Bertz CT molecular complexity index is 497. The van der Waals surface area contributed by atoms with Gasteiger partial charge in [0.05, 0.1) is 11.5 Å². The van der Waals surface area contributed by atoms with Crippen LogP contribution in [-0.2, 0) is 21.3 Å². The Kier molecular flexibility index (Phi) is 7.11. The van der Waals surface area contributed by atoms with Gasteiger partial charge in [-0.15, -0.1) is 11.3 Å². The molecule has 7 heteroatoms. The molecule has 0 aromatic carbocycles. The third-order valence-electron chi connectivity index (χ3n) is 2.73. The molecule has 20 heavy (non-hydrogen) atoms. The fourth-order valence-electron chi connectivity index (χ4n) is 1.82. The van der Waals surface area contributed by atoms with E-state index < -0.39 is 10.0 Å². The Morgan fingerprint density at radius 2 is 2.15 bits per heavy atom. The quantitative estimate of drug-likeness (QED) is 0.753. The number of nitrogens with one attached hydrogen (secondary N) is 1. The zero-order valence-corrected chi connectivity index (χ0v) is 14.2. The molecule has 0 atom stereocenters. The molecule has 1 aromatic rings. The molecule has 1 rings (SSSR count). The summed E-state index contributed by atoms with van der Waals surface area (Å²) in [5.74, 6) is 0.275. The predicted molar refractivity (Wildman–Crippen MR) is 82.6 cm³/mol. The highest BCUT2D eigenvalue weighted by molar-refractivity contribution is 7.89. The van der Waals surface area contributed by atoms with Gasteiger partial charge in [-0.05, 0) is 19.0 Å². The van der Waals surface area contributed by atoms with Gasteiger partial charge in [0.15, 0.2) is 0 Å². The topological polar surface area (TPSA) is 58.6 Å². The van der Waals surface area contributed by atoms with Crippen LogP contribution in [0.25, 0.3) is 0 Å². The van der Waals surface area contributed by atoms with Crippen molar-refractivity contribution in [2.75, 3.05) is 33.9 Å². The second kappa shape index (κ2) is 8.09. The molecule has 1 aromatic heterocycles. The van der Waals surface area contributed by atoms with E-state index in [2.05, 4.69) is 5.32 Å². The number of hydrogen-bond donors (Lipinski definition) is 1. The first-order valence-corrected chi connectivity index (χ1v) is 8.95. The molecule has 0 amide bonds. The summed E-state index contributed by atoms with van der Waals surface area (Å²) in [6, 6.07) is 1.75. The summed E-state index contributed by atoms with van der Waals surface area (Å²) in [6.07, 6.45) is 0. The minimum atomic E-state index is -3.43. The van der Waals surface area contributed by atoms with Gasteiger partial charge in [0.2, 0.25) is 10.0 Å². The summed E-state index contributed by atoms with van der Waals surface area (Å²) in [5.41, 5.74) is 0. The maximum absolute atomic E-state index is 12.6. The minimum absolute atomic E-state index is 0.275. The van der Waals surface area contributed by atoms with Gasteiger partial charge in [0.25, 0.3) is 0 Å². The van der Waals surface area contributed by atoms with Crippen LogP contribution in [0.15, 0.2) is 16.3 Å². The molecule has 0 fully saturated rings. The molecule has 0 bridgehead atoms. The van der Waals surface area contributed by atoms with Gasteiger partial charge in [-0.1, -0.05) is 13.8 Å². The van der Waals surface area contributed by atoms with Crippen molar-refractivity contribution in [3.8, 4) is 0 Å². The first-order chi connectivity index (χ1) is 9.41. The van der Waals surface area contributed by atoms with Crippen LogP contribution in [0.2, 0.25) is 0 Å². The average Bonchev–Trinajstić information content (AvgIpc) is 2.83. The third-order valence-corrected chi connectivity index (χ3v) is 5.66. The third kappa shape index (κ3) is 4.82. The number of thiophene rings is 1. The highest BCUT2D eigenvalue weighted by atomic mass is 32.2. The molecule has 1 heterocycles. The second-order valence-corrected chi connectivity index (χ2v) is 7.96. The fourth-order valence-corrected chi connectivity index (χ4v) is 4.68. The van der Waals surface area contributed by atoms with E-state index in [1.807, 2.05) is 20.9 Å². The largest absolute Gasteiger partial charge is 0.383 e. The molecule has 0 saturated heterocycles. The van der Waals surface area contributed by atoms with Crippen molar-refractivity contribution in [2.24, 2.45) is 5.92 Å². The number of hydrogen-bond acceptors (Lipinski definition) is 5. The zero-order valence-electron chi connectivity index (χ0n) is 12.5. The van der Waals surface area contributed by atoms with E-state index in [4.69, 9.17) is 4.74 Å². The standard InChI is InChI=1S/C13H24N2O3S2/c1-11(2)9-15(5-6-18-4)20(16,17)13-7-12(8-14-3)19-10-13/h7,10-11,14H,5-6,8-9H2,1-4H3. The van der Waals surface area contributed by atoms with Crippen molar-refractivity contribution in [3.63, 3.8) is 0 Å². The van der Waals surface area contributed by atoms with Crippen LogP contribution in [0.5, 0.6) is 0 Å². The molecule has 0 radical (unpaired) electrons. The van der Waals surface area contributed by atoms with Crippen molar-refractivity contribution in [2.45, 2.75) is 25.3 Å². The van der Waals surface area contributed by atoms with E-state index >= 15 is 0 Å². The summed E-state index contributed by atoms with van der Waals surface area (Å²) in [5, 5.41) is 4.74. The van der Waals surface area contributed by atoms with Crippen LogP contribution < -0.4 is 5.32 Å². The molecular weight excluding hydrogens is 296 g/mol. The molecule has 0 aliphatic rings. The first kappa shape index (κ1) is 17.6. The van der Waals surface area contributed by atoms with Gasteiger partial charge in [-0.25, -0.2) is 8.42 Å². The summed E-state index contributed by atoms with van der Waals surface area (Å²) < 4.78 is 31.8. The lowest BCUT2D eigenvalue weighted by Crippen LogP contribution is -2.36. The maximum Gasteiger partial charge on any atom is 0.243 e. The Balaban J connectivity index is 2.94. The van der Waals surface area contributed by atoms with E-state index in [1.165, 1.54) is 15.6 Å². The Morgan fingerprint density at radius 3 is 2.70 bits per heavy atom. The number of rotatable bonds is 9. The zero-order chi connectivity index (χ0) is 15.2. The van der Waals surface area contributed by atoms with Gasteiger partial charge in [-0.3, -0.25) is 0 Å². The summed E-state index contributed by atoms with van der Waals surface area (Å²) in [6.45, 7) is 5.99. The second-order valence-electron chi connectivity index (χ2n) is 5.03. The number of ether oxygens (including phenoxy) is 1. The van der Waals surface area contributed by atoms with Crippen LogP contribution in [-0.4, -0.2) is 46.6 Å². The normalized spacial score (nSPS) is 12.5. The molecule has 0 saturated carbocycles. The van der Waals surface area contributed by atoms with Crippen molar-refractivity contribution in [3.05, 3.63) is 16.3 Å². The van der Waals surface area contributed by atoms with Crippen LogP contribution in [0.3, 0.4) is 0 Å². The lowest BCUT2D eigenvalue weighted by molar-refractivity contribution is 0.175. The van der Waals surface area contributed by atoms with E-state index in [0.717, 1.165) is 4.88 Å². The van der Waals surface area contributed by atoms with Gasteiger partial charge >= 0.3 is 0 Å². The monoisotopic (exact) mass is 320 g/mol. The maximum atomic E-state index is 12.6. The first-order valence-electron chi connectivity index (χ1n) is 6.63. The van der Waals surface area contributed by atoms with Crippen LogP contribution in [0.1, 0.15) is 18.7 Å². The molecule has 0 aliphatic heterocycles. The summed E-state index contributed by atoms with van der Waals surface area (Å²) in [4.78, 5) is 1.40. The molecule has 116 valence electrons. The highest BCUT2D eigenvalue weighted by Gasteiger charge is 2.25. The lowest BCUT2D eigenvalue weighted by Gasteiger charge is -2.23. The molecular formula is C13H24N2O3S2. The summed E-state index contributed by atoms with van der Waals surface area (Å²) >= 11 is 1.46. The van der Waals surface area contributed by atoms with Gasteiger partial charge in [-0.2, -0.15) is 4.31 Å². The lowest BCUT2D eigenvalue weighted by atomic mass is 10.2. The van der Waals surface area contributed by atoms with E-state index in [1.54, 1.807) is 18.6 Å². The summed E-state index contributed by atoms with van der Waals surface area (Å²) in [7, 11) is -0.00594. The van der Waals surface area contributed by atoms with E-state index in [9.17, 15) is 8.42 Å². The van der Waals surface area contributed by atoms with Crippen LogP contribution >= 0.6 is 11.3 Å². The minimum Gasteiger partial charge on any atom is -0.383 e. The Hall–Kier alpha value is -0.470. The number of sulfonamides is 1. The van der Waals surface area contributed by atoms with Crippen molar-refractivity contribution < 1.29 is 13.2 Å². The Labute approximate surface area is 126 Å². The van der Waals surface area contributed by atoms with Gasteiger partial charge in [0, 0.05) is 37.0 Å². The molecule has 0 aliphatic carbocycles. The fraction of sp³-hybridized carbons (Fsp3) is 0.692. The van der Waals surface area contributed by atoms with Gasteiger partial charge < -0.3 is 10.1 Å². The number of methoxy groups -OCH3 is 1.